The Labute approximate surface area is 101 Å². The second kappa shape index (κ2) is 3.76. The quantitative estimate of drug-likeness (QED) is 0.730. The van der Waals surface area contributed by atoms with Crippen molar-refractivity contribution in [1.82, 2.24) is 0 Å². The summed E-state index contributed by atoms with van der Waals surface area (Å²) in [5, 5.41) is 0. The van der Waals surface area contributed by atoms with E-state index < -0.39 is 0 Å². The van der Waals surface area contributed by atoms with Crippen molar-refractivity contribution in [2.24, 2.45) is 0 Å². The van der Waals surface area contributed by atoms with Crippen LogP contribution in [0.3, 0.4) is 0 Å². The highest BCUT2D eigenvalue weighted by atomic mass is 16.5. The third-order valence-corrected chi connectivity index (χ3v) is 4.04. The zero-order valence-corrected chi connectivity index (χ0v) is 10.1. The molecule has 0 spiro atoms. The molecule has 90 valence electrons. The number of nitrogens with zero attached hydrogens (tertiary/aromatic N) is 1. The summed E-state index contributed by atoms with van der Waals surface area (Å²) in [7, 11) is 0. The van der Waals surface area contributed by atoms with Crippen LogP contribution in [-0.2, 0) is 14.9 Å². The number of piperidine rings is 1. The number of anilines is 1. The zero-order chi connectivity index (χ0) is 11.9. The van der Waals surface area contributed by atoms with Gasteiger partial charge >= 0.3 is 5.97 Å². The van der Waals surface area contributed by atoms with Gasteiger partial charge in [0.25, 0.3) is 0 Å². The van der Waals surface area contributed by atoms with Crippen LogP contribution < -0.4 is 4.90 Å². The van der Waals surface area contributed by atoms with Crippen LogP contribution in [0, 0.1) is 0 Å². The van der Waals surface area contributed by atoms with Crippen molar-refractivity contribution in [3.8, 4) is 0 Å². The highest BCUT2D eigenvalue weighted by Gasteiger charge is 2.49. The van der Waals surface area contributed by atoms with E-state index in [2.05, 4.69) is 17.0 Å². The van der Waals surface area contributed by atoms with Crippen molar-refractivity contribution >= 4 is 11.7 Å². The minimum atomic E-state index is -0.374. The van der Waals surface area contributed by atoms with E-state index in [1.54, 1.807) is 0 Å². The van der Waals surface area contributed by atoms with Gasteiger partial charge in [0.15, 0.2) is 0 Å². The number of carbonyl (C=O) groups excluding carboxylic acids is 1. The lowest BCUT2D eigenvalue weighted by Gasteiger charge is -2.48. The fourth-order valence-corrected chi connectivity index (χ4v) is 3.14. The van der Waals surface area contributed by atoms with Crippen molar-refractivity contribution in [3.63, 3.8) is 0 Å². The highest BCUT2D eigenvalue weighted by Crippen LogP contribution is 2.47. The average Bonchev–Trinajstić information content (AvgIpc) is 2.41. The number of para-hydroxylation sites is 1. The van der Waals surface area contributed by atoms with E-state index in [4.69, 9.17) is 4.74 Å². The third-order valence-electron chi connectivity index (χ3n) is 4.04. The molecule has 17 heavy (non-hydrogen) atoms. The lowest BCUT2D eigenvalue weighted by Crippen LogP contribution is -2.53. The molecule has 3 heteroatoms. The first-order valence-corrected chi connectivity index (χ1v) is 6.29. The molecule has 1 saturated heterocycles. The van der Waals surface area contributed by atoms with Crippen LogP contribution in [0.2, 0.25) is 0 Å². The van der Waals surface area contributed by atoms with Crippen molar-refractivity contribution < 1.29 is 9.53 Å². The van der Waals surface area contributed by atoms with Crippen molar-refractivity contribution in [2.75, 3.05) is 24.6 Å². The first-order chi connectivity index (χ1) is 8.28. The molecule has 3 aliphatic heterocycles. The Morgan fingerprint density at radius 3 is 2.76 bits per heavy atom. The molecule has 0 aliphatic carbocycles. The third kappa shape index (κ3) is 1.38. The van der Waals surface area contributed by atoms with E-state index in [-0.39, 0.29) is 11.4 Å². The molecule has 3 heterocycles. The molecule has 0 aromatic heterocycles. The molecule has 0 unspecified atom stereocenters. The van der Waals surface area contributed by atoms with Gasteiger partial charge in [-0.15, -0.1) is 0 Å². The van der Waals surface area contributed by atoms with Gasteiger partial charge in [0.1, 0.15) is 0 Å². The molecular weight excluding hydrogens is 214 g/mol. The molecule has 2 bridgehead atoms. The summed E-state index contributed by atoms with van der Waals surface area (Å²) in [5.74, 6) is -0.0354. The maximum atomic E-state index is 12.3. The molecule has 3 aliphatic rings. The Hall–Kier alpha value is -1.51. The first kappa shape index (κ1) is 10.6. The minimum Gasteiger partial charge on any atom is -0.465 e. The number of benzene rings is 1. The first-order valence-electron chi connectivity index (χ1n) is 6.29. The monoisotopic (exact) mass is 231 g/mol. The van der Waals surface area contributed by atoms with Gasteiger partial charge in [-0.3, -0.25) is 4.79 Å². The predicted octanol–water partition coefficient (Wildman–Crippen LogP) is 2.10. The van der Waals surface area contributed by atoms with Crippen LogP contribution in [-0.4, -0.2) is 25.7 Å². The van der Waals surface area contributed by atoms with Gasteiger partial charge in [0, 0.05) is 18.8 Å². The second-order valence-corrected chi connectivity index (χ2v) is 4.81. The molecule has 0 N–H and O–H groups in total. The Kier molecular flexibility index (Phi) is 2.35. The van der Waals surface area contributed by atoms with Gasteiger partial charge < -0.3 is 9.64 Å². The average molecular weight is 231 g/mol. The molecule has 1 aromatic rings. The van der Waals surface area contributed by atoms with Gasteiger partial charge in [-0.2, -0.15) is 0 Å². The van der Waals surface area contributed by atoms with Gasteiger partial charge in [-0.05, 0) is 31.4 Å². The molecule has 3 nitrogen and oxygen atoms in total. The lowest BCUT2D eigenvalue weighted by atomic mass is 9.68. The maximum absolute atomic E-state index is 12.3. The molecule has 0 amide bonds. The van der Waals surface area contributed by atoms with Gasteiger partial charge in [-0.25, -0.2) is 0 Å². The number of rotatable bonds is 2. The zero-order valence-electron chi connectivity index (χ0n) is 10.1. The summed E-state index contributed by atoms with van der Waals surface area (Å²) in [4.78, 5) is 14.7. The van der Waals surface area contributed by atoms with Gasteiger partial charge in [0.2, 0.25) is 0 Å². The topological polar surface area (TPSA) is 29.5 Å². The minimum absolute atomic E-state index is 0.0354. The standard InChI is InChI=1S/C14H17NO2/c1-2-17-13(16)14-7-9-15(10-8-14)12-6-4-3-5-11(12)14/h3-6H,2,7-10H2,1H3. The summed E-state index contributed by atoms with van der Waals surface area (Å²) in [6, 6.07) is 8.25. The largest absolute Gasteiger partial charge is 0.465 e. The summed E-state index contributed by atoms with van der Waals surface area (Å²) >= 11 is 0. The van der Waals surface area contributed by atoms with E-state index in [1.807, 2.05) is 19.1 Å². The normalized spacial score (nSPS) is 19.9. The Morgan fingerprint density at radius 2 is 2.06 bits per heavy atom. The molecule has 4 rings (SSSR count). The van der Waals surface area contributed by atoms with Crippen LogP contribution in [0.15, 0.2) is 24.3 Å². The molecule has 0 radical (unpaired) electrons. The molecular formula is C14H17NO2. The van der Waals surface area contributed by atoms with E-state index in [1.165, 1.54) is 5.69 Å². The molecule has 0 atom stereocenters. The smallest absolute Gasteiger partial charge is 0.316 e. The van der Waals surface area contributed by atoms with Crippen LogP contribution >= 0.6 is 0 Å². The fraction of sp³-hybridized carbons (Fsp3) is 0.500. The number of hydrogen-bond acceptors (Lipinski definition) is 3. The maximum Gasteiger partial charge on any atom is 0.316 e. The van der Waals surface area contributed by atoms with Gasteiger partial charge in [-0.1, -0.05) is 18.2 Å². The summed E-state index contributed by atoms with van der Waals surface area (Å²) in [6.07, 6.45) is 1.78. The molecule has 1 fully saturated rings. The second-order valence-electron chi connectivity index (χ2n) is 4.81. The summed E-state index contributed by atoms with van der Waals surface area (Å²) in [5.41, 5.74) is 2.01. The van der Waals surface area contributed by atoms with E-state index in [0.717, 1.165) is 31.5 Å². The summed E-state index contributed by atoms with van der Waals surface area (Å²) < 4.78 is 5.30. The predicted molar refractivity (Wildman–Crippen MR) is 66.2 cm³/mol. The van der Waals surface area contributed by atoms with Crippen LogP contribution in [0.1, 0.15) is 25.3 Å². The number of ether oxygens (including phenoxy) is 1. The SMILES string of the molecule is CCOC(=O)C12CCN(CC1)c1ccccc12. The Morgan fingerprint density at radius 1 is 1.35 bits per heavy atom. The fourth-order valence-electron chi connectivity index (χ4n) is 3.14. The highest BCUT2D eigenvalue weighted by molar-refractivity contribution is 5.88. The van der Waals surface area contributed by atoms with Crippen molar-refractivity contribution in [1.29, 1.82) is 0 Å². The lowest BCUT2D eigenvalue weighted by molar-refractivity contribution is -0.151. The summed E-state index contributed by atoms with van der Waals surface area (Å²) in [6.45, 7) is 4.27. The van der Waals surface area contributed by atoms with Gasteiger partial charge in [0.05, 0.1) is 12.0 Å². The van der Waals surface area contributed by atoms with Crippen molar-refractivity contribution in [3.05, 3.63) is 29.8 Å². The molecule has 1 aromatic carbocycles. The Balaban J connectivity index is 2.09. The van der Waals surface area contributed by atoms with Crippen LogP contribution in [0.5, 0.6) is 0 Å². The number of esters is 1. The van der Waals surface area contributed by atoms with E-state index >= 15 is 0 Å². The number of hydrogen-bond donors (Lipinski definition) is 0. The number of fused-ring (bicyclic) bond motifs is 2. The van der Waals surface area contributed by atoms with Crippen LogP contribution in [0.25, 0.3) is 0 Å². The van der Waals surface area contributed by atoms with E-state index in [9.17, 15) is 4.79 Å². The van der Waals surface area contributed by atoms with Crippen LogP contribution in [0.4, 0.5) is 5.69 Å². The van der Waals surface area contributed by atoms with E-state index in [0.29, 0.717) is 6.61 Å². The number of carbonyl (C=O) groups is 1. The van der Waals surface area contributed by atoms with Crippen molar-refractivity contribution in [2.45, 2.75) is 25.2 Å². The molecule has 0 saturated carbocycles. The Bertz CT molecular complexity index is 447.